The molecule has 1 unspecified atom stereocenters. The lowest BCUT2D eigenvalue weighted by Gasteiger charge is -2.34. The molecule has 1 aliphatic rings. The van der Waals surface area contributed by atoms with Gasteiger partial charge in [-0.3, -0.25) is 4.90 Å². The molecule has 0 aromatic heterocycles. The lowest BCUT2D eigenvalue weighted by Crippen LogP contribution is -2.50. The van der Waals surface area contributed by atoms with E-state index in [1.807, 2.05) is 6.92 Å². The van der Waals surface area contributed by atoms with E-state index in [0.29, 0.717) is 13.1 Å². The van der Waals surface area contributed by atoms with E-state index in [-0.39, 0.29) is 0 Å². The predicted molar refractivity (Wildman–Crippen MR) is 85.5 cm³/mol. The quantitative estimate of drug-likeness (QED) is 0.833. The van der Waals surface area contributed by atoms with Gasteiger partial charge in [0.2, 0.25) is 0 Å². The standard InChI is InChI=1S/C17H28N2O2/c1-14-8-15(2)10-16(9-14)11-18-12-17(3,20)13-19-4-6-21-7-5-19/h8-10,18,20H,4-7,11-13H2,1-3H3. The molecule has 1 aromatic carbocycles. The van der Waals surface area contributed by atoms with E-state index in [4.69, 9.17) is 4.74 Å². The average molecular weight is 292 g/mol. The first kappa shape index (κ1) is 16.4. The van der Waals surface area contributed by atoms with E-state index < -0.39 is 5.60 Å². The zero-order valence-electron chi connectivity index (χ0n) is 13.5. The van der Waals surface area contributed by atoms with Gasteiger partial charge in [0.05, 0.1) is 18.8 Å². The first-order valence-corrected chi connectivity index (χ1v) is 7.75. The topological polar surface area (TPSA) is 44.7 Å². The number of nitrogens with zero attached hydrogens (tertiary/aromatic N) is 1. The van der Waals surface area contributed by atoms with Crippen molar-refractivity contribution in [3.05, 3.63) is 34.9 Å². The number of rotatable bonds is 6. The summed E-state index contributed by atoms with van der Waals surface area (Å²) in [5, 5.41) is 13.9. The summed E-state index contributed by atoms with van der Waals surface area (Å²) < 4.78 is 5.34. The number of β-amino-alcohol motifs (C(OH)–C–C–N with tert-alkyl or cyclic N) is 1. The molecular formula is C17H28N2O2. The van der Waals surface area contributed by atoms with E-state index in [0.717, 1.165) is 32.8 Å². The molecule has 1 atom stereocenters. The maximum Gasteiger partial charge on any atom is 0.0869 e. The van der Waals surface area contributed by atoms with Gasteiger partial charge < -0.3 is 15.2 Å². The first-order valence-electron chi connectivity index (χ1n) is 7.75. The van der Waals surface area contributed by atoms with Gasteiger partial charge in [-0.15, -0.1) is 0 Å². The Morgan fingerprint density at radius 1 is 1.19 bits per heavy atom. The highest BCUT2D eigenvalue weighted by molar-refractivity contribution is 5.28. The summed E-state index contributed by atoms with van der Waals surface area (Å²) in [4.78, 5) is 2.27. The Bertz CT molecular complexity index is 434. The van der Waals surface area contributed by atoms with Crippen LogP contribution in [0.1, 0.15) is 23.6 Å². The molecule has 118 valence electrons. The number of ether oxygens (including phenoxy) is 1. The zero-order valence-corrected chi connectivity index (χ0v) is 13.5. The molecule has 1 fully saturated rings. The van der Waals surface area contributed by atoms with Gasteiger partial charge >= 0.3 is 0 Å². The summed E-state index contributed by atoms with van der Waals surface area (Å²) in [6.07, 6.45) is 0. The molecule has 2 N–H and O–H groups in total. The van der Waals surface area contributed by atoms with Gasteiger partial charge in [0, 0.05) is 32.7 Å². The molecule has 1 heterocycles. The predicted octanol–water partition coefficient (Wildman–Crippen LogP) is 1.48. The Hall–Kier alpha value is -0.940. The van der Waals surface area contributed by atoms with Gasteiger partial charge in [-0.2, -0.15) is 0 Å². The number of hydrogen-bond donors (Lipinski definition) is 2. The molecular weight excluding hydrogens is 264 g/mol. The molecule has 0 amide bonds. The Morgan fingerprint density at radius 3 is 2.43 bits per heavy atom. The molecule has 1 aromatic rings. The average Bonchev–Trinajstić information content (AvgIpc) is 2.37. The molecule has 0 saturated carbocycles. The fourth-order valence-electron chi connectivity index (χ4n) is 2.94. The highest BCUT2D eigenvalue weighted by Gasteiger charge is 2.24. The molecule has 21 heavy (non-hydrogen) atoms. The molecule has 1 aliphatic heterocycles. The van der Waals surface area contributed by atoms with Crippen molar-refractivity contribution in [1.29, 1.82) is 0 Å². The third-order valence-electron chi connectivity index (χ3n) is 3.78. The molecule has 0 radical (unpaired) electrons. The summed E-state index contributed by atoms with van der Waals surface area (Å²) in [5.41, 5.74) is 3.13. The normalized spacial score (nSPS) is 19.4. The smallest absolute Gasteiger partial charge is 0.0869 e. The number of morpholine rings is 1. The number of hydrogen-bond acceptors (Lipinski definition) is 4. The first-order chi connectivity index (χ1) is 9.94. The second-order valence-corrected chi connectivity index (χ2v) is 6.48. The lowest BCUT2D eigenvalue weighted by atomic mass is 10.0. The van der Waals surface area contributed by atoms with Crippen LogP contribution in [0, 0.1) is 13.8 Å². The zero-order chi connectivity index (χ0) is 15.3. The minimum Gasteiger partial charge on any atom is -0.388 e. The van der Waals surface area contributed by atoms with Crippen molar-refractivity contribution in [2.24, 2.45) is 0 Å². The largest absolute Gasteiger partial charge is 0.388 e. The highest BCUT2D eigenvalue weighted by atomic mass is 16.5. The minimum absolute atomic E-state index is 0.595. The summed E-state index contributed by atoms with van der Waals surface area (Å²) >= 11 is 0. The second-order valence-electron chi connectivity index (χ2n) is 6.48. The van der Waals surface area contributed by atoms with Crippen molar-refractivity contribution in [2.45, 2.75) is 32.9 Å². The van der Waals surface area contributed by atoms with E-state index >= 15 is 0 Å². The third-order valence-corrected chi connectivity index (χ3v) is 3.78. The highest BCUT2D eigenvalue weighted by Crippen LogP contribution is 2.10. The van der Waals surface area contributed by atoms with Crippen molar-refractivity contribution < 1.29 is 9.84 Å². The molecule has 0 bridgehead atoms. The van der Waals surface area contributed by atoms with Crippen LogP contribution in [0.25, 0.3) is 0 Å². The van der Waals surface area contributed by atoms with Crippen LogP contribution in [-0.2, 0) is 11.3 Å². The van der Waals surface area contributed by atoms with E-state index in [9.17, 15) is 5.11 Å². The summed E-state index contributed by atoms with van der Waals surface area (Å²) in [5.74, 6) is 0. The van der Waals surface area contributed by atoms with Crippen molar-refractivity contribution in [1.82, 2.24) is 10.2 Å². The second kappa shape index (κ2) is 7.36. The minimum atomic E-state index is -0.712. The van der Waals surface area contributed by atoms with E-state index in [1.54, 1.807) is 0 Å². The fraction of sp³-hybridized carbons (Fsp3) is 0.647. The van der Waals surface area contributed by atoms with Crippen LogP contribution in [0.2, 0.25) is 0 Å². The van der Waals surface area contributed by atoms with Gasteiger partial charge in [-0.1, -0.05) is 29.3 Å². The Morgan fingerprint density at radius 2 is 1.81 bits per heavy atom. The Balaban J connectivity index is 1.78. The van der Waals surface area contributed by atoms with Gasteiger partial charge in [0.1, 0.15) is 0 Å². The fourth-order valence-corrected chi connectivity index (χ4v) is 2.94. The number of aliphatic hydroxyl groups is 1. The summed E-state index contributed by atoms with van der Waals surface area (Å²) in [6, 6.07) is 6.56. The van der Waals surface area contributed by atoms with Crippen LogP contribution in [-0.4, -0.2) is 55.0 Å². The van der Waals surface area contributed by atoms with Crippen LogP contribution in [0.4, 0.5) is 0 Å². The van der Waals surface area contributed by atoms with Crippen LogP contribution < -0.4 is 5.32 Å². The van der Waals surface area contributed by atoms with E-state index in [2.05, 4.69) is 42.3 Å². The summed E-state index contributed by atoms with van der Waals surface area (Å²) in [7, 11) is 0. The van der Waals surface area contributed by atoms with Crippen molar-refractivity contribution in [2.75, 3.05) is 39.4 Å². The van der Waals surface area contributed by atoms with Gasteiger partial charge in [-0.05, 0) is 26.3 Å². The van der Waals surface area contributed by atoms with E-state index in [1.165, 1.54) is 16.7 Å². The molecule has 2 rings (SSSR count). The SMILES string of the molecule is Cc1cc(C)cc(CNCC(C)(O)CN2CCOCC2)c1. The number of nitrogens with one attached hydrogen (secondary N) is 1. The molecule has 1 saturated heterocycles. The van der Waals surface area contributed by atoms with Gasteiger partial charge in [-0.25, -0.2) is 0 Å². The molecule has 4 nitrogen and oxygen atoms in total. The van der Waals surface area contributed by atoms with Crippen LogP contribution in [0.15, 0.2) is 18.2 Å². The van der Waals surface area contributed by atoms with Crippen LogP contribution in [0.5, 0.6) is 0 Å². The number of aryl methyl sites for hydroxylation is 2. The monoisotopic (exact) mass is 292 g/mol. The molecule has 0 spiro atoms. The maximum atomic E-state index is 10.5. The van der Waals surface area contributed by atoms with Crippen molar-refractivity contribution in [3.63, 3.8) is 0 Å². The Kier molecular flexibility index (Phi) is 5.76. The molecule has 4 heteroatoms. The van der Waals surface area contributed by atoms with Crippen molar-refractivity contribution >= 4 is 0 Å². The third kappa shape index (κ3) is 5.75. The van der Waals surface area contributed by atoms with Crippen LogP contribution >= 0.6 is 0 Å². The van der Waals surface area contributed by atoms with Crippen molar-refractivity contribution in [3.8, 4) is 0 Å². The maximum absolute atomic E-state index is 10.5. The van der Waals surface area contributed by atoms with Gasteiger partial charge in [0.25, 0.3) is 0 Å². The van der Waals surface area contributed by atoms with Crippen LogP contribution in [0.3, 0.4) is 0 Å². The lowest BCUT2D eigenvalue weighted by molar-refractivity contribution is -0.0219. The molecule has 0 aliphatic carbocycles. The Labute approximate surface area is 128 Å². The number of benzene rings is 1. The van der Waals surface area contributed by atoms with Gasteiger partial charge in [0.15, 0.2) is 0 Å². The summed E-state index contributed by atoms with van der Waals surface area (Å²) in [6.45, 7) is 11.6.